The molecule has 0 radical (unpaired) electrons. The number of nitrogens with two attached hydrogens (primary N) is 1. The Morgan fingerprint density at radius 1 is 1.29 bits per heavy atom. The number of nitrogens with zero attached hydrogens (tertiary/aromatic N) is 5. The number of fused-ring (bicyclic) bond motifs is 1. The monoisotopic (exact) mass is 443 g/mol. The van der Waals surface area contributed by atoms with Gasteiger partial charge < -0.3 is 11.1 Å². The number of thiazole rings is 1. The first-order valence-corrected chi connectivity index (χ1v) is 10.3. The van der Waals surface area contributed by atoms with Gasteiger partial charge in [0, 0.05) is 24.7 Å². The van der Waals surface area contributed by atoms with Crippen LogP contribution in [0.5, 0.6) is 0 Å². The van der Waals surface area contributed by atoms with Crippen molar-refractivity contribution in [1.82, 2.24) is 30.3 Å². The van der Waals surface area contributed by atoms with E-state index in [0.29, 0.717) is 22.1 Å². The molecule has 4 rings (SSSR count). The number of pyridine rings is 1. The van der Waals surface area contributed by atoms with Crippen LogP contribution in [0.25, 0.3) is 21.5 Å². The molecule has 1 amide bonds. The first-order chi connectivity index (χ1) is 14.8. The predicted molar refractivity (Wildman–Crippen MR) is 113 cm³/mol. The molecule has 0 atom stereocenters. The number of anilines is 1. The number of aryl methyl sites for hydroxylation is 2. The molecule has 3 heterocycles. The molecule has 1 aromatic carbocycles. The molecule has 31 heavy (non-hydrogen) atoms. The van der Waals surface area contributed by atoms with Crippen LogP contribution in [0.1, 0.15) is 17.0 Å². The van der Waals surface area contributed by atoms with E-state index in [-0.39, 0.29) is 13.1 Å². The Bertz CT molecular complexity index is 1220. The zero-order valence-corrected chi connectivity index (χ0v) is 17.4. The number of carbonyl (C=O) groups is 1. The van der Waals surface area contributed by atoms with Gasteiger partial charge in [-0.15, -0.1) is 16.4 Å². The standard InChI is InChI=1S/C20H19F2N7OS/c1-12-2-4-16-14(8-12)26-18(31-16)10-25-19(30)20(21,22)6-7-29-11-15(27-28-29)13-3-5-17(23)24-9-13/h2-5,8-9,11H,6-7,10H2,1H3,(H2,23,24)(H,25,30). The van der Waals surface area contributed by atoms with Crippen LogP contribution in [0.2, 0.25) is 0 Å². The summed E-state index contributed by atoms with van der Waals surface area (Å²) in [5.41, 5.74) is 8.54. The molecule has 160 valence electrons. The lowest BCUT2D eigenvalue weighted by molar-refractivity contribution is -0.147. The third-order valence-corrected chi connectivity index (χ3v) is 5.63. The Labute approximate surface area is 180 Å². The van der Waals surface area contributed by atoms with E-state index in [1.807, 2.05) is 25.1 Å². The predicted octanol–water partition coefficient (Wildman–Crippen LogP) is 3.18. The van der Waals surface area contributed by atoms with E-state index < -0.39 is 18.3 Å². The average Bonchev–Trinajstić information content (AvgIpc) is 3.37. The van der Waals surface area contributed by atoms with Crippen molar-refractivity contribution in [2.45, 2.75) is 32.4 Å². The van der Waals surface area contributed by atoms with Crippen LogP contribution in [0.3, 0.4) is 0 Å². The second-order valence-corrected chi connectivity index (χ2v) is 8.17. The maximum absolute atomic E-state index is 14.3. The minimum absolute atomic E-state index is 0.0512. The molecule has 0 bridgehead atoms. The zero-order valence-electron chi connectivity index (χ0n) is 16.5. The van der Waals surface area contributed by atoms with E-state index >= 15 is 0 Å². The smallest absolute Gasteiger partial charge is 0.326 e. The Balaban J connectivity index is 1.33. The number of benzene rings is 1. The van der Waals surface area contributed by atoms with Crippen molar-refractivity contribution >= 4 is 33.3 Å². The molecular formula is C20H19F2N7OS. The summed E-state index contributed by atoms with van der Waals surface area (Å²) in [5, 5.41) is 10.6. The summed E-state index contributed by atoms with van der Waals surface area (Å²) in [6.45, 7) is 1.73. The van der Waals surface area contributed by atoms with Crippen molar-refractivity contribution in [3.05, 3.63) is 53.3 Å². The Kier molecular flexibility index (Phi) is 5.59. The SMILES string of the molecule is Cc1ccc2sc(CNC(=O)C(F)(F)CCn3cc(-c4ccc(N)nc4)nn3)nc2c1. The van der Waals surface area contributed by atoms with Crippen LogP contribution < -0.4 is 11.1 Å². The third-order valence-electron chi connectivity index (χ3n) is 4.60. The third kappa shape index (κ3) is 4.82. The maximum atomic E-state index is 14.3. The van der Waals surface area contributed by atoms with E-state index in [4.69, 9.17) is 5.73 Å². The van der Waals surface area contributed by atoms with Crippen LogP contribution >= 0.6 is 11.3 Å². The summed E-state index contributed by atoms with van der Waals surface area (Å²) >= 11 is 1.36. The van der Waals surface area contributed by atoms with Crippen LogP contribution in [0, 0.1) is 6.92 Å². The fourth-order valence-electron chi connectivity index (χ4n) is 2.91. The average molecular weight is 443 g/mol. The largest absolute Gasteiger partial charge is 0.384 e. The number of nitrogen functional groups attached to an aromatic ring is 1. The van der Waals surface area contributed by atoms with Crippen LogP contribution in [0.15, 0.2) is 42.7 Å². The van der Waals surface area contributed by atoms with Crippen molar-refractivity contribution in [2.24, 2.45) is 0 Å². The van der Waals surface area contributed by atoms with Gasteiger partial charge in [-0.25, -0.2) is 9.97 Å². The van der Waals surface area contributed by atoms with Gasteiger partial charge in [-0.2, -0.15) is 8.78 Å². The van der Waals surface area contributed by atoms with Gasteiger partial charge in [-0.05, 0) is 36.8 Å². The first kappa shape index (κ1) is 20.8. The summed E-state index contributed by atoms with van der Waals surface area (Å²) in [4.78, 5) is 20.4. The number of hydrogen-bond donors (Lipinski definition) is 2. The van der Waals surface area contributed by atoms with Crippen molar-refractivity contribution in [2.75, 3.05) is 5.73 Å². The Hall–Kier alpha value is -3.47. The lowest BCUT2D eigenvalue weighted by Gasteiger charge is -2.15. The molecule has 0 aliphatic rings. The number of halogens is 2. The quantitative estimate of drug-likeness (QED) is 0.454. The minimum atomic E-state index is -3.55. The second kappa shape index (κ2) is 8.34. The van der Waals surface area contributed by atoms with Crippen LogP contribution in [0.4, 0.5) is 14.6 Å². The highest BCUT2D eigenvalue weighted by atomic mass is 32.1. The van der Waals surface area contributed by atoms with Gasteiger partial charge >= 0.3 is 5.92 Å². The van der Waals surface area contributed by atoms with E-state index in [0.717, 1.165) is 15.8 Å². The molecule has 0 unspecified atom stereocenters. The molecular weight excluding hydrogens is 424 g/mol. The van der Waals surface area contributed by atoms with E-state index in [1.165, 1.54) is 28.4 Å². The van der Waals surface area contributed by atoms with Crippen molar-refractivity contribution in [3.8, 4) is 11.3 Å². The molecule has 4 aromatic rings. The van der Waals surface area contributed by atoms with Gasteiger partial charge in [0.1, 0.15) is 16.5 Å². The number of carbonyl (C=O) groups excluding carboxylic acids is 1. The first-order valence-electron chi connectivity index (χ1n) is 9.44. The van der Waals surface area contributed by atoms with Gasteiger partial charge in [-0.1, -0.05) is 11.3 Å². The number of aromatic nitrogens is 5. The lowest BCUT2D eigenvalue weighted by Crippen LogP contribution is -2.40. The molecule has 3 aromatic heterocycles. The zero-order chi connectivity index (χ0) is 22.0. The Morgan fingerprint density at radius 3 is 2.90 bits per heavy atom. The fraction of sp³-hybridized carbons (Fsp3) is 0.250. The maximum Gasteiger partial charge on any atom is 0.326 e. The van der Waals surface area contributed by atoms with Gasteiger partial charge in [0.05, 0.1) is 23.0 Å². The van der Waals surface area contributed by atoms with Crippen LogP contribution in [-0.4, -0.2) is 36.8 Å². The highest BCUT2D eigenvalue weighted by Gasteiger charge is 2.38. The molecule has 0 saturated carbocycles. The Morgan fingerprint density at radius 2 is 2.13 bits per heavy atom. The fourth-order valence-corrected chi connectivity index (χ4v) is 3.80. The number of hydrogen-bond acceptors (Lipinski definition) is 7. The van der Waals surface area contributed by atoms with Gasteiger partial charge in [0.15, 0.2) is 0 Å². The van der Waals surface area contributed by atoms with Crippen LogP contribution in [-0.2, 0) is 17.9 Å². The molecule has 0 fully saturated rings. The summed E-state index contributed by atoms with van der Waals surface area (Å²) in [6, 6.07) is 9.12. The number of nitrogens with one attached hydrogen (secondary N) is 1. The van der Waals surface area contributed by atoms with Crippen molar-refractivity contribution < 1.29 is 13.6 Å². The topological polar surface area (TPSA) is 112 Å². The molecule has 3 N–H and O–H groups in total. The normalized spacial score (nSPS) is 11.7. The molecule has 0 saturated heterocycles. The molecule has 0 aliphatic carbocycles. The highest BCUT2D eigenvalue weighted by molar-refractivity contribution is 7.18. The van der Waals surface area contributed by atoms with E-state index in [9.17, 15) is 13.6 Å². The van der Waals surface area contributed by atoms with E-state index in [1.54, 1.807) is 12.1 Å². The van der Waals surface area contributed by atoms with Crippen molar-refractivity contribution in [3.63, 3.8) is 0 Å². The van der Waals surface area contributed by atoms with E-state index in [2.05, 4.69) is 25.6 Å². The number of alkyl halides is 2. The molecule has 0 spiro atoms. The lowest BCUT2D eigenvalue weighted by atomic mass is 10.2. The summed E-state index contributed by atoms with van der Waals surface area (Å²) in [5.74, 6) is -4.53. The van der Waals surface area contributed by atoms with Crippen molar-refractivity contribution in [1.29, 1.82) is 0 Å². The molecule has 0 aliphatic heterocycles. The molecule has 11 heteroatoms. The van der Waals surface area contributed by atoms with Gasteiger partial charge in [-0.3, -0.25) is 9.48 Å². The van der Waals surface area contributed by atoms with Gasteiger partial charge in [0.25, 0.3) is 5.91 Å². The molecule has 8 nitrogen and oxygen atoms in total. The summed E-state index contributed by atoms with van der Waals surface area (Å²) in [7, 11) is 0. The number of rotatable bonds is 7. The summed E-state index contributed by atoms with van der Waals surface area (Å²) < 4.78 is 30.9. The minimum Gasteiger partial charge on any atom is -0.384 e. The highest BCUT2D eigenvalue weighted by Crippen LogP contribution is 2.24. The van der Waals surface area contributed by atoms with Gasteiger partial charge in [0.2, 0.25) is 0 Å². The summed E-state index contributed by atoms with van der Waals surface area (Å²) in [6.07, 6.45) is 2.33. The number of amides is 1. The second-order valence-electron chi connectivity index (χ2n) is 7.05.